The number of aromatic nitrogens is 2. The fraction of sp³-hybridized carbons (Fsp3) is 0.391. The number of carbonyl (C=O) groups excluding carboxylic acids is 1. The zero-order valence-electron chi connectivity index (χ0n) is 17.7. The van der Waals surface area contributed by atoms with Crippen molar-refractivity contribution in [3.8, 4) is 11.5 Å². The SMILES string of the molecule is CCC(CC)COc1ccc(OC(F)(F)F)cc1Cn1ccc2cc(C(C)=O)cnc21. The van der Waals surface area contributed by atoms with E-state index in [2.05, 4.69) is 23.6 Å². The van der Waals surface area contributed by atoms with Gasteiger partial charge in [0.05, 0.1) is 13.2 Å². The molecule has 0 bridgehead atoms. The second kappa shape index (κ2) is 9.41. The molecule has 2 heterocycles. The molecular weight excluding hydrogens is 409 g/mol. The molecule has 0 radical (unpaired) electrons. The number of alkyl halides is 3. The molecule has 3 aromatic rings. The lowest BCUT2D eigenvalue weighted by molar-refractivity contribution is -0.274. The molecule has 0 aliphatic heterocycles. The highest BCUT2D eigenvalue weighted by atomic mass is 19.4. The van der Waals surface area contributed by atoms with Crippen molar-refractivity contribution in [2.75, 3.05) is 6.61 Å². The number of Topliss-reactive ketones (excluding diaryl/α,β-unsaturated/α-hetero) is 1. The molecular formula is C23H25F3N2O3. The number of pyridine rings is 1. The van der Waals surface area contributed by atoms with Gasteiger partial charge in [-0.25, -0.2) is 4.98 Å². The number of ketones is 1. The zero-order chi connectivity index (χ0) is 22.6. The summed E-state index contributed by atoms with van der Waals surface area (Å²) >= 11 is 0. The Kier molecular flexibility index (Phi) is 6.87. The van der Waals surface area contributed by atoms with Crippen LogP contribution in [0.25, 0.3) is 11.0 Å². The summed E-state index contributed by atoms with van der Waals surface area (Å²) < 4.78 is 50.0. The summed E-state index contributed by atoms with van der Waals surface area (Å²) in [6, 6.07) is 7.66. The first-order valence-electron chi connectivity index (χ1n) is 10.2. The van der Waals surface area contributed by atoms with Gasteiger partial charge in [-0.3, -0.25) is 4.79 Å². The summed E-state index contributed by atoms with van der Waals surface area (Å²) in [5.74, 6) is 0.471. The molecule has 0 amide bonds. The highest BCUT2D eigenvalue weighted by Crippen LogP contribution is 2.30. The van der Waals surface area contributed by atoms with Gasteiger partial charge in [-0.2, -0.15) is 0 Å². The zero-order valence-corrected chi connectivity index (χ0v) is 17.7. The van der Waals surface area contributed by atoms with Crippen molar-refractivity contribution >= 4 is 16.8 Å². The highest BCUT2D eigenvalue weighted by Gasteiger charge is 2.31. The Morgan fingerprint density at radius 2 is 1.90 bits per heavy atom. The summed E-state index contributed by atoms with van der Waals surface area (Å²) in [5.41, 5.74) is 1.67. The van der Waals surface area contributed by atoms with Gasteiger partial charge in [0, 0.05) is 28.9 Å². The van der Waals surface area contributed by atoms with E-state index in [1.165, 1.54) is 31.3 Å². The van der Waals surface area contributed by atoms with E-state index in [4.69, 9.17) is 4.74 Å². The summed E-state index contributed by atoms with van der Waals surface area (Å²) in [4.78, 5) is 16.0. The number of rotatable bonds is 9. The second-order valence-corrected chi connectivity index (χ2v) is 7.45. The Balaban J connectivity index is 1.93. The monoisotopic (exact) mass is 434 g/mol. The third-order valence-corrected chi connectivity index (χ3v) is 5.24. The minimum absolute atomic E-state index is 0.0868. The maximum absolute atomic E-state index is 12.7. The van der Waals surface area contributed by atoms with Gasteiger partial charge in [-0.15, -0.1) is 13.2 Å². The maximum Gasteiger partial charge on any atom is 0.573 e. The summed E-state index contributed by atoms with van der Waals surface area (Å²) in [7, 11) is 0. The van der Waals surface area contributed by atoms with Crippen molar-refractivity contribution in [3.05, 3.63) is 53.9 Å². The first-order chi connectivity index (χ1) is 14.7. The van der Waals surface area contributed by atoms with E-state index in [1.54, 1.807) is 16.8 Å². The third kappa shape index (κ3) is 5.77. The van der Waals surface area contributed by atoms with Crippen LogP contribution >= 0.6 is 0 Å². The van der Waals surface area contributed by atoms with E-state index >= 15 is 0 Å². The van der Waals surface area contributed by atoms with Crippen LogP contribution in [0.4, 0.5) is 13.2 Å². The molecule has 31 heavy (non-hydrogen) atoms. The standard InChI is InChI=1S/C23H25F3N2O3/c1-4-16(5-2)14-30-21-7-6-20(31-23(24,25)26)11-19(21)13-28-9-8-17-10-18(15(3)29)12-27-22(17)28/h6-12,16H,4-5,13-14H2,1-3H3. The fourth-order valence-corrected chi connectivity index (χ4v) is 3.33. The predicted molar refractivity (Wildman–Crippen MR) is 112 cm³/mol. The lowest BCUT2D eigenvalue weighted by Gasteiger charge is -2.18. The average molecular weight is 434 g/mol. The van der Waals surface area contributed by atoms with E-state index in [9.17, 15) is 18.0 Å². The number of hydrogen-bond acceptors (Lipinski definition) is 4. The molecule has 166 valence electrons. The molecule has 0 aliphatic rings. The van der Waals surface area contributed by atoms with Crippen molar-refractivity contribution < 1.29 is 27.4 Å². The minimum atomic E-state index is -4.78. The van der Waals surface area contributed by atoms with Crippen LogP contribution in [0.1, 0.15) is 49.5 Å². The van der Waals surface area contributed by atoms with Gasteiger partial charge in [-0.05, 0) is 43.2 Å². The lowest BCUT2D eigenvalue weighted by atomic mass is 10.1. The van der Waals surface area contributed by atoms with E-state index in [0.717, 1.165) is 18.2 Å². The van der Waals surface area contributed by atoms with Crippen molar-refractivity contribution in [1.82, 2.24) is 9.55 Å². The predicted octanol–water partition coefficient (Wildman–Crippen LogP) is 6.00. The molecule has 0 saturated heterocycles. The van der Waals surface area contributed by atoms with E-state index in [1.807, 2.05) is 6.07 Å². The Bertz CT molecular complexity index is 1060. The van der Waals surface area contributed by atoms with Crippen LogP contribution in [0.5, 0.6) is 11.5 Å². The minimum Gasteiger partial charge on any atom is -0.493 e. The molecule has 0 fully saturated rings. The molecule has 0 spiro atoms. The second-order valence-electron chi connectivity index (χ2n) is 7.45. The van der Waals surface area contributed by atoms with E-state index < -0.39 is 6.36 Å². The topological polar surface area (TPSA) is 53.4 Å². The summed E-state index contributed by atoms with van der Waals surface area (Å²) in [6.07, 6.45) is 0.399. The lowest BCUT2D eigenvalue weighted by Crippen LogP contribution is -2.17. The van der Waals surface area contributed by atoms with Gasteiger partial charge < -0.3 is 14.0 Å². The van der Waals surface area contributed by atoms with Crippen LogP contribution in [0.15, 0.2) is 42.7 Å². The molecule has 1 aromatic carbocycles. The van der Waals surface area contributed by atoms with Crippen LogP contribution in [-0.2, 0) is 6.54 Å². The maximum atomic E-state index is 12.7. The van der Waals surface area contributed by atoms with Crippen molar-refractivity contribution in [1.29, 1.82) is 0 Å². The molecule has 0 unspecified atom stereocenters. The van der Waals surface area contributed by atoms with Crippen LogP contribution in [0.2, 0.25) is 0 Å². The third-order valence-electron chi connectivity index (χ3n) is 5.24. The van der Waals surface area contributed by atoms with Crippen LogP contribution < -0.4 is 9.47 Å². The number of ether oxygens (including phenoxy) is 2. The van der Waals surface area contributed by atoms with Crippen LogP contribution in [0, 0.1) is 5.92 Å². The number of halogens is 3. The van der Waals surface area contributed by atoms with Crippen molar-refractivity contribution in [3.63, 3.8) is 0 Å². The molecule has 0 saturated carbocycles. The van der Waals surface area contributed by atoms with Crippen molar-refractivity contribution in [2.45, 2.75) is 46.5 Å². The van der Waals surface area contributed by atoms with Gasteiger partial charge in [0.1, 0.15) is 17.1 Å². The molecule has 5 nitrogen and oxygen atoms in total. The molecule has 0 N–H and O–H groups in total. The summed E-state index contributed by atoms with van der Waals surface area (Å²) in [5, 5.41) is 0.773. The summed E-state index contributed by atoms with van der Waals surface area (Å²) in [6.45, 7) is 6.34. The largest absolute Gasteiger partial charge is 0.573 e. The fourth-order valence-electron chi connectivity index (χ4n) is 3.33. The molecule has 8 heteroatoms. The number of hydrogen-bond donors (Lipinski definition) is 0. The molecule has 3 rings (SSSR count). The Labute approximate surface area is 178 Å². The van der Waals surface area contributed by atoms with Crippen LogP contribution in [-0.4, -0.2) is 28.3 Å². The Morgan fingerprint density at radius 1 is 1.16 bits per heavy atom. The van der Waals surface area contributed by atoms with E-state index in [-0.39, 0.29) is 18.1 Å². The normalized spacial score (nSPS) is 11.8. The number of nitrogens with zero attached hydrogens (tertiary/aromatic N) is 2. The van der Waals surface area contributed by atoms with Crippen LogP contribution in [0.3, 0.4) is 0 Å². The first kappa shape index (κ1) is 22.7. The molecule has 0 aliphatic carbocycles. The van der Waals surface area contributed by atoms with Gasteiger partial charge in [0.15, 0.2) is 5.78 Å². The quantitative estimate of drug-likeness (QED) is 0.388. The Hall–Kier alpha value is -3.03. The number of benzene rings is 1. The average Bonchev–Trinajstić information content (AvgIpc) is 3.11. The van der Waals surface area contributed by atoms with Gasteiger partial charge in [0.25, 0.3) is 0 Å². The van der Waals surface area contributed by atoms with Crippen molar-refractivity contribution in [2.24, 2.45) is 5.92 Å². The smallest absolute Gasteiger partial charge is 0.493 e. The van der Waals surface area contributed by atoms with Gasteiger partial charge in [0.2, 0.25) is 0 Å². The molecule has 2 aromatic heterocycles. The Morgan fingerprint density at radius 3 is 2.55 bits per heavy atom. The highest BCUT2D eigenvalue weighted by molar-refractivity contribution is 5.96. The molecule has 0 atom stereocenters. The van der Waals surface area contributed by atoms with E-state index in [0.29, 0.717) is 35.0 Å². The first-order valence-corrected chi connectivity index (χ1v) is 10.2. The van der Waals surface area contributed by atoms with Gasteiger partial charge >= 0.3 is 6.36 Å². The number of carbonyl (C=O) groups is 1. The number of fused-ring (bicyclic) bond motifs is 1. The van der Waals surface area contributed by atoms with Gasteiger partial charge in [-0.1, -0.05) is 26.7 Å².